The molecule has 0 radical (unpaired) electrons. The van der Waals surface area contributed by atoms with Crippen LogP contribution in [-0.2, 0) is 11.2 Å². The van der Waals surface area contributed by atoms with Crippen LogP contribution in [0.4, 0.5) is 0 Å². The predicted molar refractivity (Wildman–Crippen MR) is 74.3 cm³/mol. The van der Waals surface area contributed by atoms with Gasteiger partial charge >= 0.3 is 0 Å². The monoisotopic (exact) mass is 264 g/mol. The number of rotatable bonds is 3. The summed E-state index contributed by atoms with van der Waals surface area (Å²) >= 11 is 1.58. The Morgan fingerprint density at radius 3 is 3.06 bits per heavy atom. The van der Waals surface area contributed by atoms with Gasteiger partial charge in [0.25, 0.3) is 0 Å². The first-order valence-electron chi connectivity index (χ1n) is 5.79. The van der Waals surface area contributed by atoms with Gasteiger partial charge in [0.05, 0.1) is 20.1 Å². The van der Waals surface area contributed by atoms with Crippen molar-refractivity contribution >= 4 is 22.8 Å². The fourth-order valence-corrected chi connectivity index (χ4v) is 2.48. The smallest absolute Gasteiger partial charge is 0.230 e. The van der Waals surface area contributed by atoms with E-state index in [0.29, 0.717) is 6.42 Å². The summed E-state index contributed by atoms with van der Waals surface area (Å²) in [6.45, 7) is 2.77. The lowest BCUT2D eigenvalue weighted by atomic mass is 10.1. The summed E-state index contributed by atoms with van der Waals surface area (Å²) in [6.07, 6.45) is 0.343. The second kappa shape index (κ2) is 5.91. The number of methoxy groups -OCH3 is 1. The number of hydrogen-bond donors (Lipinski definition) is 1. The zero-order valence-corrected chi connectivity index (χ0v) is 11.3. The van der Waals surface area contributed by atoms with E-state index in [1.54, 1.807) is 18.9 Å². The Labute approximate surface area is 111 Å². The predicted octanol–water partition coefficient (Wildman–Crippen LogP) is 1.77. The van der Waals surface area contributed by atoms with Gasteiger partial charge in [-0.3, -0.25) is 9.79 Å². The summed E-state index contributed by atoms with van der Waals surface area (Å²) in [5, 5.41) is 3.55. The molecule has 1 aliphatic heterocycles. The summed E-state index contributed by atoms with van der Waals surface area (Å²) < 4.78 is 5.24. The van der Waals surface area contributed by atoms with E-state index in [4.69, 9.17) is 4.74 Å². The largest absolute Gasteiger partial charge is 0.496 e. The molecule has 0 aromatic heterocycles. The Morgan fingerprint density at radius 1 is 1.56 bits per heavy atom. The zero-order valence-electron chi connectivity index (χ0n) is 10.5. The van der Waals surface area contributed by atoms with E-state index in [1.807, 2.05) is 25.1 Å². The van der Waals surface area contributed by atoms with Crippen LogP contribution in [0, 0.1) is 6.92 Å². The Balaban J connectivity index is 1.98. The van der Waals surface area contributed by atoms with Gasteiger partial charge in [-0.15, -0.1) is 0 Å². The number of amidine groups is 1. The molecule has 0 saturated heterocycles. The quantitative estimate of drug-likeness (QED) is 0.905. The van der Waals surface area contributed by atoms with E-state index in [1.165, 1.54) is 0 Å². The summed E-state index contributed by atoms with van der Waals surface area (Å²) in [5.74, 6) is 1.73. The molecule has 18 heavy (non-hydrogen) atoms. The molecular weight excluding hydrogens is 248 g/mol. The number of ether oxygens (including phenoxy) is 1. The highest BCUT2D eigenvalue weighted by molar-refractivity contribution is 8.14. The normalized spacial score (nSPS) is 14.2. The van der Waals surface area contributed by atoms with Crippen LogP contribution >= 0.6 is 11.8 Å². The number of carbonyl (C=O) groups excluding carboxylic acids is 1. The molecule has 1 N–H and O–H groups in total. The first-order valence-corrected chi connectivity index (χ1v) is 6.78. The maximum atomic E-state index is 11.8. The minimum atomic E-state index is -0.0333. The van der Waals surface area contributed by atoms with Crippen LogP contribution in [0.15, 0.2) is 23.2 Å². The van der Waals surface area contributed by atoms with Crippen molar-refractivity contribution < 1.29 is 9.53 Å². The number of carbonyl (C=O) groups is 1. The summed E-state index contributed by atoms with van der Waals surface area (Å²) in [6, 6.07) is 5.81. The highest BCUT2D eigenvalue weighted by Crippen LogP contribution is 2.19. The van der Waals surface area contributed by atoms with Gasteiger partial charge in [0.1, 0.15) is 5.75 Å². The Bertz CT molecular complexity index is 486. The highest BCUT2D eigenvalue weighted by atomic mass is 32.2. The third kappa shape index (κ3) is 3.26. The second-order valence-electron chi connectivity index (χ2n) is 4.06. The van der Waals surface area contributed by atoms with E-state index < -0.39 is 0 Å². The number of thioether (sulfide) groups is 1. The van der Waals surface area contributed by atoms with E-state index in [-0.39, 0.29) is 5.91 Å². The number of nitrogens with one attached hydrogen (secondary N) is 1. The molecule has 0 unspecified atom stereocenters. The van der Waals surface area contributed by atoms with Crippen LogP contribution in [-0.4, -0.2) is 30.5 Å². The lowest BCUT2D eigenvalue weighted by molar-refractivity contribution is -0.119. The van der Waals surface area contributed by atoms with Crippen molar-refractivity contribution in [3.63, 3.8) is 0 Å². The molecule has 5 heteroatoms. The van der Waals surface area contributed by atoms with Crippen LogP contribution in [0.2, 0.25) is 0 Å². The fourth-order valence-electron chi connectivity index (χ4n) is 1.73. The average Bonchev–Trinajstić information content (AvgIpc) is 2.84. The number of aryl methyl sites for hydroxylation is 1. The van der Waals surface area contributed by atoms with E-state index in [0.717, 1.165) is 34.3 Å². The molecule has 0 saturated carbocycles. The number of benzene rings is 1. The minimum absolute atomic E-state index is 0.0333. The average molecular weight is 264 g/mol. The molecule has 0 spiro atoms. The van der Waals surface area contributed by atoms with Gasteiger partial charge in [-0.25, -0.2) is 0 Å². The SMILES string of the molecule is COc1cc(CC(=O)NC2=NCCS2)ccc1C. The first kappa shape index (κ1) is 13.0. The third-order valence-corrected chi connectivity index (χ3v) is 3.56. The molecule has 1 aliphatic rings. The Hall–Kier alpha value is -1.49. The minimum Gasteiger partial charge on any atom is -0.496 e. The standard InChI is InChI=1S/C13H16N2O2S/c1-9-3-4-10(7-11(9)17-2)8-12(16)15-13-14-5-6-18-13/h3-4,7H,5-6,8H2,1-2H3,(H,14,15,16). The summed E-state index contributed by atoms with van der Waals surface area (Å²) in [5.41, 5.74) is 2.01. The molecule has 96 valence electrons. The Morgan fingerprint density at radius 2 is 2.39 bits per heavy atom. The topological polar surface area (TPSA) is 50.7 Å². The first-order chi connectivity index (χ1) is 8.69. The molecule has 0 aliphatic carbocycles. The van der Waals surface area contributed by atoms with Crippen LogP contribution in [0.25, 0.3) is 0 Å². The molecule has 0 bridgehead atoms. The molecule has 1 aromatic carbocycles. The van der Waals surface area contributed by atoms with E-state index >= 15 is 0 Å². The van der Waals surface area contributed by atoms with Crippen LogP contribution in [0.3, 0.4) is 0 Å². The molecule has 0 fully saturated rings. The van der Waals surface area contributed by atoms with Gasteiger partial charge in [-0.05, 0) is 24.1 Å². The molecule has 1 heterocycles. The molecule has 1 aromatic rings. The van der Waals surface area contributed by atoms with Gasteiger partial charge in [0.2, 0.25) is 5.91 Å². The van der Waals surface area contributed by atoms with Crippen LogP contribution in [0.1, 0.15) is 11.1 Å². The van der Waals surface area contributed by atoms with Crippen LogP contribution < -0.4 is 10.1 Å². The number of hydrogen-bond acceptors (Lipinski definition) is 4. The maximum Gasteiger partial charge on any atom is 0.230 e. The lowest BCUT2D eigenvalue weighted by Gasteiger charge is -2.08. The summed E-state index contributed by atoms with van der Waals surface area (Å²) in [7, 11) is 1.64. The molecule has 4 nitrogen and oxygen atoms in total. The van der Waals surface area contributed by atoms with Gasteiger partial charge in [-0.1, -0.05) is 23.9 Å². The van der Waals surface area contributed by atoms with Gasteiger partial charge in [-0.2, -0.15) is 0 Å². The van der Waals surface area contributed by atoms with E-state index in [2.05, 4.69) is 10.3 Å². The van der Waals surface area contributed by atoms with Crippen molar-refractivity contribution in [2.24, 2.45) is 4.99 Å². The van der Waals surface area contributed by atoms with Crippen molar-refractivity contribution in [2.75, 3.05) is 19.4 Å². The fraction of sp³-hybridized carbons (Fsp3) is 0.385. The van der Waals surface area contributed by atoms with Gasteiger partial charge < -0.3 is 10.1 Å². The lowest BCUT2D eigenvalue weighted by Crippen LogP contribution is -2.28. The highest BCUT2D eigenvalue weighted by Gasteiger charge is 2.11. The number of aliphatic imine (C=N–C) groups is 1. The maximum absolute atomic E-state index is 11.8. The van der Waals surface area contributed by atoms with Crippen LogP contribution in [0.5, 0.6) is 5.75 Å². The van der Waals surface area contributed by atoms with Crippen molar-refractivity contribution in [1.82, 2.24) is 5.32 Å². The number of nitrogens with zero attached hydrogens (tertiary/aromatic N) is 1. The van der Waals surface area contributed by atoms with Crippen molar-refractivity contribution in [2.45, 2.75) is 13.3 Å². The van der Waals surface area contributed by atoms with Gasteiger partial charge in [0, 0.05) is 5.75 Å². The van der Waals surface area contributed by atoms with Crippen molar-refractivity contribution in [1.29, 1.82) is 0 Å². The number of amides is 1. The van der Waals surface area contributed by atoms with Crippen molar-refractivity contribution in [3.05, 3.63) is 29.3 Å². The van der Waals surface area contributed by atoms with Gasteiger partial charge in [0.15, 0.2) is 5.17 Å². The van der Waals surface area contributed by atoms with E-state index in [9.17, 15) is 4.79 Å². The molecular formula is C13H16N2O2S. The summed E-state index contributed by atoms with van der Waals surface area (Å²) in [4.78, 5) is 16.0. The second-order valence-corrected chi connectivity index (χ2v) is 5.15. The molecule has 0 atom stereocenters. The van der Waals surface area contributed by atoms with Crippen molar-refractivity contribution in [3.8, 4) is 5.75 Å². The molecule has 2 rings (SSSR count). The zero-order chi connectivity index (χ0) is 13.0. The Kier molecular flexibility index (Phi) is 4.25. The third-order valence-electron chi connectivity index (χ3n) is 2.67. The molecule has 1 amide bonds.